The van der Waals surface area contributed by atoms with E-state index in [0.717, 1.165) is 36.5 Å². The first kappa shape index (κ1) is 36.8. The van der Waals surface area contributed by atoms with Crippen molar-refractivity contribution in [1.82, 2.24) is 0 Å². The summed E-state index contributed by atoms with van der Waals surface area (Å²) in [5.74, 6) is 3.68. The van der Waals surface area contributed by atoms with Crippen LogP contribution in [0.25, 0.3) is 0 Å². The van der Waals surface area contributed by atoms with E-state index in [9.17, 15) is 9.90 Å². The van der Waals surface area contributed by atoms with E-state index in [2.05, 4.69) is 79.1 Å². The van der Waals surface area contributed by atoms with E-state index < -0.39 is 11.7 Å². The third kappa shape index (κ3) is 5.43. The van der Waals surface area contributed by atoms with Gasteiger partial charge in [-0.3, -0.25) is 4.79 Å². The van der Waals surface area contributed by atoms with Gasteiger partial charge in [0.25, 0.3) is 0 Å². The second kappa shape index (κ2) is 13.3. The molecule has 1 aliphatic heterocycles. The molecule has 11 atom stereocenters. The van der Waals surface area contributed by atoms with Crippen molar-refractivity contribution in [3.05, 3.63) is 0 Å². The Hall–Kier alpha value is -2.37. The molecule has 43 heavy (non-hydrogen) atoms. The molecule has 0 bridgehead atoms. The summed E-state index contributed by atoms with van der Waals surface area (Å²) in [5.41, 5.74) is 0.961. The average Bonchev–Trinajstić information content (AvgIpc) is 3.36. The molecule has 0 amide bonds. The zero-order valence-corrected chi connectivity index (χ0v) is 28.0. The molecule has 1 saturated heterocycles. The number of hydrogen-bond donors (Lipinski definition) is 1. The highest BCUT2D eigenvalue weighted by atomic mass is 16.6. The summed E-state index contributed by atoms with van der Waals surface area (Å²) < 4.78 is 12.4. The summed E-state index contributed by atoms with van der Waals surface area (Å²) in [6.07, 6.45) is 44.6. The standard InChI is InChI=1S/C31H50O4.4C2H2/c1-18-30-16-15-29(7)21-9-11-23(26(28(5,6)33)34-19(2)32)35-24(21)17-22(29)20(30)10-12-25-27(3,4)13-8-14-31(18,25)30;4*1-2/h18,20-26,33H,8-17H2,1-7H3;4*1-2H/t18-,20-,21?,22?,23+,24?,25?,26-,29+,30-,31?;;;;/m0..../s1. The number of aliphatic hydroxyl groups is 1. The number of ether oxygens (including phenoxy) is 2. The van der Waals surface area contributed by atoms with E-state index in [-0.39, 0.29) is 18.2 Å². The maximum Gasteiger partial charge on any atom is 0.303 e. The largest absolute Gasteiger partial charge is 0.457 e. The van der Waals surface area contributed by atoms with Crippen LogP contribution in [0.5, 0.6) is 0 Å². The lowest BCUT2D eigenvalue weighted by atomic mass is 9.46. The lowest BCUT2D eigenvalue weighted by Crippen LogP contribution is -2.53. The van der Waals surface area contributed by atoms with Crippen molar-refractivity contribution in [3.63, 3.8) is 0 Å². The molecule has 0 aromatic rings. The molecule has 0 radical (unpaired) electrons. The summed E-state index contributed by atoms with van der Waals surface area (Å²) >= 11 is 0. The number of carbonyl (C=O) groups is 1. The molecule has 5 aliphatic carbocycles. The van der Waals surface area contributed by atoms with Gasteiger partial charge in [0.2, 0.25) is 0 Å². The van der Waals surface area contributed by atoms with Gasteiger partial charge in [-0.25, -0.2) is 0 Å². The minimum Gasteiger partial charge on any atom is -0.457 e. The van der Waals surface area contributed by atoms with Crippen LogP contribution in [0.2, 0.25) is 0 Å². The molecule has 238 valence electrons. The van der Waals surface area contributed by atoms with Gasteiger partial charge in [-0.05, 0) is 123 Å². The minimum atomic E-state index is -1.11. The fourth-order valence-electron chi connectivity index (χ4n) is 12.2. The van der Waals surface area contributed by atoms with Gasteiger partial charge in [0.15, 0.2) is 6.10 Å². The molecule has 1 heterocycles. The maximum absolute atomic E-state index is 11.8. The monoisotopic (exact) mass is 590 g/mol. The second-order valence-corrected chi connectivity index (χ2v) is 15.3. The van der Waals surface area contributed by atoms with Gasteiger partial charge in [0.1, 0.15) is 0 Å². The number of esters is 1. The molecule has 5 unspecified atom stereocenters. The second-order valence-electron chi connectivity index (χ2n) is 15.3. The molecule has 5 saturated carbocycles. The van der Waals surface area contributed by atoms with Crippen LogP contribution in [-0.4, -0.2) is 35.0 Å². The number of hydrogen-bond acceptors (Lipinski definition) is 4. The molecule has 6 rings (SSSR count). The van der Waals surface area contributed by atoms with Gasteiger partial charge in [-0.2, -0.15) is 0 Å². The van der Waals surface area contributed by atoms with Crippen LogP contribution >= 0.6 is 0 Å². The smallest absolute Gasteiger partial charge is 0.303 e. The van der Waals surface area contributed by atoms with Crippen LogP contribution in [0.4, 0.5) is 0 Å². The van der Waals surface area contributed by atoms with E-state index in [1.807, 2.05) is 0 Å². The molecule has 6 fully saturated rings. The Morgan fingerprint density at radius 1 is 0.837 bits per heavy atom. The summed E-state index contributed by atoms with van der Waals surface area (Å²) in [5, 5.41) is 10.8. The lowest BCUT2D eigenvalue weighted by Gasteiger charge is -2.58. The van der Waals surface area contributed by atoms with Crippen molar-refractivity contribution in [2.24, 2.45) is 51.2 Å². The molecule has 0 aromatic carbocycles. The van der Waals surface area contributed by atoms with E-state index in [1.54, 1.807) is 13.8 Å². The Morgan fingerprint density at radius 2 is 1.42 bits per heavy atom. The first-order valence-corrected chi connectivity index (χ1v) is 16.2. The van der Waals surface area contributed by atoms with Crippen LogP contribution < -0.4 is 0 Å². The fourth-order valence-corrected chi connectivity index (χ4v) is 12.2. The van der Waals surface area contributed by atoms with Crippen molar-refractivity contribution in [2.75, 3.05) is 0 Å². The normalized spacial score (nSPS) is 43.1. The molecule has 1 N–H and O–H groups in total. The Bertz CT molecular complexity index is 1030. The van der Waals surface area contributed by atoms with Crippen LogP contribution in [0.1, 0.15) is 113 Å². The highest BCUT2D eigenvalue weighted by molar-refractivity contribution is 5.66. The first-order valence-electron chi connectivity index (χ1n) is 16.2. The lowest BCUT2D eigenvalue weighted by molar-refractivity contribution is -0.200. The van der Waals surface area contributed by atoms with E-state index in [4.69, 9.17) is 9.47 Å². The third-order valence-corrected chi connectivity index (χ3v) is 13.4. The van der Waals surface area contributed by atoms with Gasteiger partial charge in [-0.15, -0.1) is 51.4 Å². The molecular formula is C39H58O4. The maximum atomic E-state index is 11.8. The highest BCUT2D eigenvalue weighted by Crippen LogP contribution is 2.89. The molecule has 0 aromatic heterocycles. The van der Waals surface area contributed by atoms with Gasteiger partial charge < -0.3 is 14.6 Å². The summed E-state index contributed by atoms with van der Waals surface area (Å²) in [4.78, 5) is 11.8. The van der Waals surface area contributed by atoms with Gasteiger partial charge in [0.05, 0.1) is 17.8 Å². The molecule has 4 nitrogen and oxygen atoms in total. The number of terminal acetylenes is 4. The molecule has 4 heteroatoms. The van der Waals surface area contributed by atoms with Crippen molar-refractivity contribution < 1.29 is 19.4 Å². The topological polar surface area (TPSA) is 55.8 Å². The Labute approximate surface area is 264 Å². The van der Waals surface area contributed by atoms with Crippen molar-refractivity contribution in [1.29, 1.82) is 0 Å². The number of fused-ring (bicyclic) bond motifs is 4. The first-order chi connectivity index (χ1) is 20.3. The third-order valence-electron chi connectivity index (χ3n) is 13.4. The van der Waals surface area contributed by atoms with Gasteiger partial charge in [0, 0.05) is 6.92 Å². The number of carbonyl (C=O) groups excluding carboxylic acids is 1. The van der Waals surface area contributed by atoms with Crippen LogP contribution in [0.3, 0.4) is 0 Å². The zero-order chi connectivity index (χ0) is 33.2. The van der Waals surface area contributed by atoms with Crippen LogP contribution in [-0.2, 0) is 14.3 Å². The molecule has 6 aliphatic rings. The summed E-state index contributed by atoms with van der Waals surface area (Å²) in [6.45, 7) is 15.3. The van der Waals surface area contributed by atoms with Gasteiger partial charge >= 0.3 is 5.97 Å². The predicted octanol–water partition coefficient (Wildman–Crippen LogP) is 7.53. The Balaban J connectivity index is 0.000000748. The Kier molecular flexibility index (Phi) is 11.4. The van der Waals surface area contributed by atoms with E-state index in [0.29, 0.717) is 27.6 Å². The van der Waals surface area contributed by atoms with Crippen molar-refractivity contribution in [3.8, 4) is 51.4 Å². The van der Waals surface area contributed by atoms with Crippen molar-refractivity contribution >= 4 is 5.97 Å². The zero-order valence-electron chi connectivity index (χ0n) is 28.0. The van der Waals surface area contributed by atoms with Crippen molar-refractivity contribution in [2.45, 2.75) is 137 Å². The van der Waals surface area contributed by atoms with E-state index >= 15 is 0 Å². The van der Waals surface area contributed by atoms with Crippen LogP contribution in [0, 0.1) is 103 Å². The molecular weight excluding hydrogens is 532 g/mol. The summed E-state index contributed by atoms with van der Waals surface area (Å²) in [7, 11) is 0. The SMILES string of the molecule is C#C.C#C.C#C.C#C.CC(=O)O[C@@H]([C@H]1CCC2C(CC3[C@@H]4CCC5C(C)(C)CCCC56[C@@H](C)[C@@]46CC[C@]23C)O1)C(C)(C)O. The summed E-state index contributed by atoms with van der Waals surface area (Å²) in [6, 6.07) is 0. The Morgan fingerprint density at radius 3 is 1.98 bits per heavy atom. The minimum absolute atomic E-state index is 0.209. The molecule has 2 spiro atoms. The predicted molar refractivity (Wildman–Crippen MR) is 176 cm³/mol. The quantitative estimate of drug-likeness (QED) is 0.273. The van der Waals surface area contributed by atoms with Gasteiger partial charge in [-0.1, -0.05) is 34.1 Å². The van der Waals surface area contributed by atoms with E-state index in [1.165, 1.54) is 58.3 Å². The van der Waals surface area contributed by atoms with Crippen LogP contribution in [0.15, 0.2) is 0 Å². The number of rotatable bonds is 3. The fraction of sp³-hybridized carbons (Fsp3) is 0.769. The highest BCUT2D eigenvalue weighted by Gasteiger charge is 2.84. The average molecular weight is 591 g/mol.